The van der Waals surface area contributed by atoms with Gasteiger partial charge in [-0.2, -0.15) is 0 Å². The standard InChI is InChI=1S/C16H21N5O.2ClH/c22-16(14-12-20-7-2-1-3-15(20)18-14)21-8-4-13(11-21)19-9-5-17-6-10-19;;/h1-3,7,12-13,17H,4-6,8-11H2;2*1H. The number of piperazine rings is 1. The van der Waals surface area contributed by atoms with E-state index in [-0.39, 0.29) is 30.7 Å². The number of halogens is 2. The number of amides is 1. The predicted octanol–water partition coefficient (Wildman–Crippen LogP) is 1.30. The fourth-order valence-corrected chi connectivity index (χ4v) is 3.47. The van der Waals surface area contributed by atoms with E-state index in [1.165, 1.54) is 0 Å². The average Bonchev–Trinajstić information content (AvgIpc) is 3.22. The molecule has 2 saturated heterocycles. The van der Waals surface area contributed by atoms with E-state index in [4.69, 9.17) is 0 Å². The molecule has 2 aliphatic heterocycles. The lowest BCUT2D eigenvalue weighted by atomic mass is 10.2. The smallest absolute Gasteiger partial charge is 0.274 e. The van der Waals surface area contributed by atoms with Gasteiger partial charge in [0.1, 0.15) is 11.3 Å². The van der Waals surface area contributed by atoms with Crippen molar-refractivity contribution in [1.29, 1.82) is 0 Å². The van der Waals surface area contributed by atoms with Crippen LogP contribution >= 0.6 is 24.8 Å². The van der Waals surface area contributed by atoms with Crippen LogP contribution in [0.15, 0.2) is 30.6 Å². The van der Waals surface area contributed by atoms with Gasteiger partial charge in [0.05, 0.1) is 0 Å². The van der Waals surface area contributed by atoms with Crippen LogP contribution in [0.1, 0.15) is 16.9 Å². The van der Waals surface area contributed by atoms with E-state index >= 15 is 0 Å². The van der Waals surface area contributed by atoms with Gasteiger partial charge in [-0.25, -0.2) is 4.98 Å². The number of likely N-dealkylation sites (tertiary alicyclic amines) is 1. The van der Waals surface area contributed by atoms with Crippen molar-refractivity contribution in [3.05, 3.63) is 36.3 Å². The topological polar surface area (TPSA) is 52.9 Å². The maximum Gasteiger partial charge on any atom is 0.274 e. The molecular weight excluding hydrogens is 349 g/mol. The second-order valence-electron chi connectivity index (χ2n) is 6.07. The average molecular weight is 372 g/mol. The van der Waals surface area contributed by atoms with Crippen LogP contribution in [0.2, 0.25) is 0 Å². The molecule has 6 nitrogen and oxygen atoms in total. The van der Waals surface area contributed by atoms with Gasteiger partial charge in [0.2, 0.25) is 0 Å². The van der Waals surface area contributed by atoms with E-state index in [0.29, 0.717) is 11.7 Å². The third-order valence-electron chi connectivity index (χ3n) is 4.70. The summed E-state index contributed by atoms with van der Waals surface area (Å²) in [5.41, 5.74) is 1.37. The summed E-state index contributed by atoms with van der Waals surface area (Å²) in [6.45, 7) is 5.93. The van der Waals surface area contributed by atoms with E-state index in [2.05, 4.69) is 15.2 Å². The molecule has 0 aromatic carbocycles. The number of nitrogens with one attached hydrogen (secondary N) is 1. The number of rotatable bonds is 2. The summed E-state index contributed by atoms with van der Waals surface area (Å²) in [7, 11) is 0. The van der Waals surface area contributed by atoms with E-state index in [1.54, 1.807) is 0 Å². The number of hydrogen-bond donors (Lipinski definition) is 1. The van der Waals surface area contributed by atoms with Gasteiger partial charge >= 0.3 is 0 Å². The molecule has 4 heterocycles. The van der Waals surface area contributed by atoms with Crippen LogP contribution in [0.3, 0.4) is 0 Å². The Morgan fingerprint density at radius 2 is 1.96 bits per heavy atom. The van der Waals surface area contributed by atoms with Gasteiger partial charge in [0, 0.05) is 57.7 Å². The molecule has 1 amide bonds. The second-order valence-corrected chi connectivity index (χ2v) is 6.07. The van der Waals surface area contributed by atoms with Crippen LogP contribution < -0.4 is 5.32 Å². The van der Waals surface area contributed by atoms with Crippen molar-refractivity contribution in [3.63, 3.8) is 0 Å². The molecule has 4 rings (SSSR count). The van der Waals surface area contributed by atoms with Crippen molar-refractivity contribution in [2.45, 2.75) is 12.5 Å². The molecule has 1 atom stereocenters. The van der Waals surface area contributed by atoms with Crippen LogP contribution in [-0.4, -0.2) is 70.4 Å². The highest BCUT2D eigenvalue weighted by molar-refractivity contribution is 5.93. The highest BCUT2D eigenvalue weighted by Gasteiger charge is 2.32. The summed E-state index contributed by atoms with van der Waals surface area (Å²) >= 11 is 0. The molecule has 2 aromatic heterocycles. The molecule has 2 fully saturated rings. The number of pyridine rings is 1. The lowest BCUT2D eigenvalue weighted by Gasteiger charge is -2.32. The quantitative estimate of drug-likeness (QED) is 0.864. The molecule has 0 bridgehead atoms. The normalized spacial score (nSPS) is 21.3. The molecule has 8 heteroatoms. The van der Waals surface area contributed by atoms with Crippen molar-refractivity contribution < 1.29 is 4.79 Å². The molecule has 24 heavy (non-hydrogen) atoms. The van der Waals surface area contributed by atoms with Crippen LogP contribution in [0, 0.1) is 0 Å². The summed E-state index contributed by atoms with van der Waals surface area (Å²) in [5, 5.41) is 3.38. The molecule has 0 saturated carbocycles. The first-order valence-corrected chi connectivity index (χ1v) is 7.99. The summed E-state index contributed by atoms with van der Waals surface area (Å²) in [6, 6.07) is 6.30. The first-order chi connectivity index (χ1) is 10.8. The summed E-state index contributed by atoms with van der Waals surface area (Å²) in [4.78, 5) is 21.6. The molecular formula is C16H23Cl2N5O. The van der Waals surface area contributed by atoms with Crippen molar-refractivity contribution in [3.8, 4) is 0 Å². The number of nitrogens with zero attached hydrogens (tertiary/aromatic N) is 4. The third kappa shape index (κ3) is 3.67. The predicted molar refractivity (Wildman–Crippen MR) is 98.4 cm³/mol. The minimum Gasteiger partial charge on any atom is -0.336 e. The molecule has 0 aliphatic carbocycles. The summed E-state index contributed by atoms with van der Waals surface area (Å²) < 4.78 is 1.90. The zero-order chi connectivity index (χ0) is 14.9. The third-order valence-corrected chi connectivity index (χ3v) is 4.70. The zero-order valence-corrected chi connectivity index (χ0v) is 15.1. The number of carbonyl (C=O) groups excluding carboxylic acids is 1. The monoisotopic (exact) mass is 371 g/mol. The Labute approximate surface area is 154 Å². The molecule has 2 aliphatic rings. The number of fused-ring (bicyclic) bond motifs is 1. The highest BCUT2D eigenvalue weighted by atomic mass is 35.5. The Bertz CT molecular complexity index is 653. The highest BCUT2D eigenvalue weighted by Crippen LogP contribution is 2.18. The fraction of sp³-hybridized carbons (Fsp3) is 0.500. The lowest BCUT2D eigenvalue weighted by Crippen LogP contribution is -2.49. The van der Waals surface area contributed by atoms with Crippen molar-refractivity contribution in [2.75, 3.05) is 39.3 Å². The SMILES string of the molecule is Cl.Cl.O=C(c1cn2ccccc2n1)N1CCC(N2CCNCC2)C1. The molecule has 1 unspecified atom stereocenters. The zero-order valence-electron chi connectivity index (χ0n) is 13.4. The van der Waals surface area contributed by atoms with Gasteiger partial charge < -0.3 is 14.6 Å². The maximum atomic E-state index is 12.7. The number of imidazole rings is 1. The van der Waals surface area contributed by atoms with Crippen molar-refractivity contribution >= 4 is 36.4 Å². The number of hydrogen-bond acceptors (Lipinski definition) is 4. The first kappa shape index (κ1) is 19.0. The van der Waals surface area contributed by atoms with Crippen LogP contribution in [0.5, 0.6) is 0 Å². The Balaban J connectivity index is 0.00000104. The second kappa shape index (κ2) is 8.16. The Hall–Kier alpha value is -1.34. The van der Waals surface area contributed by atoms with E-state index < -0.39 is 0 Å². The molecule has 0 spiro atoms. The van der Waals surface area contributed by atoms with Crippen LogP contribution in [-0.2, 0) is 0 Å². The van der Waals surface area contributed by atoms with Crippen LogP contribution in [0.4, 0.5) is 0 Å². The minimum absolute atomic E-state index is 0. The van der Waals surface area contributed by atoms with Gasteiger partial charge in [-0.05, 0) is 18.6 Å². The van der Waals surface area contributed by atoms with E-state index in [0.717, 1.165) is 51.3 Å². The molecule has 2 aromatic rings. The van der Waals surface area contributed by atoms with Gasteiger partial charge in [-0.1, -0.05) is 6.07 Å². The van der Waals surface area contributed by atoms with E-state index in [9.17, 15) is 4.79 Å². The molecule has 0 radical (unpaired) electrons. The Morgan fingerprint density at radius 3 is 2.71 bits per heavy atom. The van der Waals surface area contributed by atoms with Gasteiger partial charge in [0.15, 0.2) is 0 Å². The van der Waals surface area contributed by atoms with Crippen molar-refractivity contribution in [2.24, 2.45) is 0 Å². The molecule has 132 valence electrons. The van der Waals surface area contributed by atoms with Crippen molar-refractivity contribution in [1.82, 2.24) is 24.5 Å². The fourth-order valence-electron chi connectivity index (χ4n) is 3.47. The van der Waals surface area contributed by atoms with Gasteiger partial charge in [0.25, 0.3) is 5.91 Å². The first-order valence-electron chi connectivity index (χ1n) is 7.99. The minimum atomic E-state index is 0. The Kier molecular flexibility index (Phi) is 6.46. The largest absolute Gasteiger partial charge is 0.336 e. The number of aromatic nitrogens is 2. The summed E-state index contributed by atoms with van der Waals surface area (Å²) in [5.74, 6) is 0.0568. The maximum absolute atomic E-state index is 12.7. The van der Waals surface area contributed by atoms with E-state index in [1.807, 2.05) is 39.9 Å². The van der Waals surface area contributed by atoms with Crippen LogP contribution in [0.25, 0.3) is 5.65 Å². The number of carbonyl (C=O) groups is 1. The lowest BCUT2D eigenvalue weighted by molar-refractivity contribution is 0.0768. The summed E-state index contributed by atoms with van der Waals surface area (Å²) in [6.07, 6.45) is 4.82. The van der Waals surface area contributed by atoms with Gasteiger partial charge in [-0.15, -0.1) is 24.8 Å². The Morgan fingerprint density at radius 1 is 1.17 bits per heavy atom. The molecule has 1 N–H and O–H groups in total. The van der Waals surface area contributed by atoms with Gasteiger partial charge in [-0.3, -0.25) is 9.69 Å².